The lowest BCUT2D eigenvalue weighted by Crippen LogP contribution is -2.41. The van der Waals surface area contributed by atoms with Gasteiger partial charge in [0.05, 0.1) is 25.1 Å². The normalized spacial score (nSPS) is 14.4. The molecule has 1 saturated heterocycles. The number of methoxy groups -OCH3 is 1. The Morgan fingerprint density at radius 1 is 1.21 bits per heavy atom. The van der Waals surface area contributed by atoms with E-state index >= 15 is 0 Å². The van der Waals surface area contributed by atoms with Crippen LogP contribution in [0.15, 0.2) is 42.5 Å². The third-order valence-electron chi connectivity index (χ3n) is 6.23. The van der Waals surface area contributed by atoms with Crippen LogP contribution in [-0.4, -0.2) is 72.8 Å². The minimum Gasteiger partial charge on any atom is -0.465 e. The van der Waals surface area contributed by atoms with Gasteiger partial charge in [-0.2, -0.15) is 0 Å². The molecular weight excluding hydrogens is 416 g/mol. The van der Waals surface area contributed by atoms with Gasteiger partial charge in [0.1, 0.15) is 0 Å². The predicted molar refractivity (Wildman–Crippen MR) is 131 cm³/mol. The molecule has 2 aromatic rings. The van der Waals surface area contributed by atoms with Crippen LogP contribution in [0, 0.1) is 16.7 Å². The van der Waals surface area contributed by atoms with Gasteiger partial charge in [0.25, 0.3) is 0 Å². The average molecular weight is 451 g/mol. The molecule has 0 bridgehead atoms. The number of carbonyl (C=O) groups is 1. The lowest BCUT2D eigenvalue weighted by molar-refractivity contribution is 0.0600. The fraction of sp³-hybridized carbons (Fsp3) is 0.423. The topological polar surface area (TPSA) is 101 Å². The molecule has 2 aromatic carbocycles. The van der Waals surface area contributed by atoms with Gasteiger partial charge < -0.3 is 20.2 Å². The van der Waals surface area contributed by atoms with E-state index in [9.17, 15) is 9.90 Å². The fourth-order valence-corrected chi connectivity index (χ4v) is 4.44. The first-order chi connectivity index (χ1) is 15.9. The van der Waals surface area contributed by atoms with Gasteiger partial charge in [-0.1, -0.05) is 18.2 Å². The van der Waals surface area contributed by atoms with Crippen molar-refractivity contribution in [2.24, 2.45) is 5.92 Å². The maximum absolute atomic E-state index is 12.4. The summed E-state index contributed by atoms with van der Waals surface area (Å²) in [5, 5.41) is 25.0. The standard InChI is InChI=1S/C26H34N4O3/c1-19(28)30-8-6-20(7-9-30)17-29(10-11-31)18-22-13-24(15-25(14-22)26(32)33-2)23-5-3-4-21(12-23)16-27/h3-5,12-16,20,27-28,31H,6-11,17-18H2,1-2H3. The van der Waals surface area contributed by atoms with E-state index in [1.54, 1.807) is 0 Å². The Bertz CT molecular complexity index is 983. The van der Waals surface area contributed by atoms with Gasteiger partial charge in [-0.25, -0.2) is 4.79 Å². The third kappa shape index (κ3) is 6.73. The molecule has 3 rings (SSSR count). The van der Waals surface area contributed by atoms with E-state index in [-0.39, 0.29) is 12.6 Å². The first-order valence-corrected chi connectivity index (χ1v) is 11.4. The van der Waals surface area contributed by atoms with Gasteiger partial charge in [0.2, 0.25) is 0 Å². The molecule has 0 spiro atoms. The smallest absolute Gasteiger partial charge is 0.337 e. The van der Waals surface area contributed by atoms with Crippen molar-refractivity contribution >= 4 is 18.0 Å². The van der Waals surface area contributed by atoms with Crippen LogP contribution in [0.25, 0.3) is 11.1 Å². The maximum atomic E-state index is 12.4. The summed E-state index contributed by atoms with van der Waals surface area (Å²) in [5.41, 5.74) is 4.10. The highest BCUT2D eigenvalue weighted by molar-refractivity contribution is 5.91. The Balaban J connectivity index is 1.82. The molecular formula is C26H34N4O3. The number of nitrogens with zero attached hydrogens (tertiary/aromatic N) is 2. The van der Waals surface area contributed by atoms with Gasteiger partial charge >= 0.3 is 5.97 Å². The van der Waals surface area contributed by atoms with Crippen LogP contribution < -0.4 is 0 Å². The summed E-state index contributed by atoms with van der Waals surface area (Å²) in [7, 11) is 1.38. The minimum atomic E-state index is -0.385. The summed E-state index contributed by atoms with van der Waals surface area (Å²) in [5.74, 6) is 0.754. The molecule has 7 nitrogen and oxygen atoms in total. The van der Waals surface area contributed by atoms with Crippen molar-refractivity contribution in [3.05, 3.63) is 59.2 Å². The zero-order valence-corrected chi connectivity index (χ0v) is 19.5. The number of amidine groups is 1. The second-order valence-electron chi connectivity index (χ2n) is 8.65. The van der Waals surface area contributed by atoms with Gasteiger partial charge in [-0.15, -0.1) is 0 Å². The van der Waals surface area contributed by atoms with Gasteiger partial charge in [0.15, 0.2) is 0 Å². The quantitative estimate of drug-likeness (QED) is 0.308. The van der Waals surface area contributed by atoms with E-state index in [0.717, 1.165) is 54.7 Å². The van der Waals surface area contributed by atoms with Crippen LogP contribution in [0.5, 0.6) is 0 Å². The average Bonchev–Trinajstić information content (AvgIpc) is 2.83. The number of hydrogen-bond donors (Lipinski definition) is 3. The lowest BCUT2D eigenvalue weighted by Gasteiger charge is -2.35. The molecule has 1 fully saturated rings. The lowest BCUT2D eigenvalue weighted by atomic mass is 9.95. The molecule has 0 unspecified atom stereocenters. The van der Waals surface area contributed by atoms with Crippen molar-refractivity contribution < 1.29 is 14.6 Å². The van der Waals surface area contributed by atoms with Crippen LogP contribution in [0.1, 0.15) is 41.3 Å². The summed E-state index contributed by atoms with van der Waals surface area (Å²) in [6, 6.07) is 13.4. The number of rotatable bonds is 9. The number of carbonyl (C=O) groups excluding carboxylic acids is 1. The van der Waals surface area contributed by atoms with Crippen LogP contribution in [0.3, 0.4) is 0 Å². The molecule has 1 aliphatic rings. The summed E-state index contributed by atoms with van der Waals surface area (Å²) < 4.78 is 4.98. The van der Waals surface area contributed by atoms with E-state index in [1.165, 1.54) is 13.3 Å². The molecule has 7 heteroatoms. The molecule has 176 valence electrons. The molecule has 3 N–H and O–H groups in total. The number of aliphatic hydroxyl groups excluding tert-OH is 1. The van der Waals surface area contributed by atoms with Gasteiger partial charge in [-0.05, 0) is 72.2 Å². The van der Waals surface area contributed by atoms with Crippen molar-refractivity contribution in [2.75, 3.05) is 39.9 Å². The van der Waals surface area contributed by atoms with Gasteiger partial charge in [0, 0.05) is 38.9 Å². The second-order valence-corrected chi connectivity index (χ2v) is 8.65. The second kappa shape index (κ2) is 11.7. The molecule has 0 saturated carbocycles. The van der Waals surface area contributed by atoms with Crippen molar-refractivity contribution in [1.29, 1.82) is 10.8 Å². The summed E-state index contributed by atoms with van der Waals surface area (Å²) >= 11 is 0. The first-order valence-electron chi connectivity index (χ1n) is 11.4. The summed E-state index contributed by atoms with van der Waals surface area (Å²) in [6.45, 7) is 5.76. The molecule has 33 heavy (non-hydrogen) atoms. The van der Waals surface area contributed by atoms with Crippen molar-refractivity contribution in [1.82, 2.24) is 9.80 Å². The molecule has 0 aliphatic carbocycles. The number of nitrogens with one attached hydrogen (secondary N) is 2. The molecule has 0 atom stereocenters. The Labute approximate surface area is 196 Å². The van der Waals surface area contributed by atoms with Crippen LogP contribution >= 0.6 is 0 Å². The van der Waals surface area contributed by atoms with Gasteiger partial charge in [-0.3, -0.25) is 10.3 Å². The highest BCUT2D eigenvalue weighted by Crippen LogP contribution is 2.26. The highest BCUT2D eigenvalue weighted by atomic mass is 16.5. The number of benzene rings is 2. The van der Waals surface area contributed by atoms with Crippen LogP contribution in [0.2, 0.25) is 0 Å². The highest BCUT2D eigenvalue weighted by Gasteiger charge is 2.22. The Kier molecular flexibility index (Phi) is 8.74. The number of piperidine rings is 1. The summed E-state index contributed by atoms with van der Waals surface area (Å²) in [4.78, 5) is 16.7. The minimum absolute atomic E-state index is 0.0728. The van der Waals surface area contributed by atoms with Crippen molar-refractivity contribution in [3.8, 4) is 11.1 Å². The Hall–Kier alpha value is -3.03. The molecule has 1 heterocycles. The molecule has 0 amide bonds. The maximum Gasteiger partial charge on any atom is 0.337 e. The Morgan fingerprint density at radius 3 is 2.61 bits per heavy atom. The van der Waals surface area contributed by atoms with E-state index in [1.807, 2.05) is 43.3 Å². The zero-order chi connectivity index (χ0) is 23.8. The third-order valence-corrected chi connectivity index (χ3v) is 6.23. The largest absolute Gasteiger partial charge is 0.465 e. The fourth-order valence-electron chi connectivity index (χ4n) is 4.44. The SMILES string of the molecule is COC(=O)c1cc(CN(CCO)CC2CCN(C(C)=N)CC2)cc(-c2cccc(C=N)c2)c1. The van der Waals surface area contributed by atoms with Crippen LogP contribution in [0.4, 0.5) is 0 Å². The first kappa shape index (κ1) is 24.6. The number of aliphatic hydroxyl groups is 1. The van der Waals surface area contributed by atoms with E-state index in [4.69, 9.17) is 15.6 Å². The van der Waals surface area contributed by atoms with Crippen LogP contribution in [-0.2, 0) is 11.3 Å². The number of ether oxygens (including phenoxy) is 1. The van der Waals surface area contributed by atoms with Crippen molar-refractivity contribution in [2.45, 2.75) is 26.3 Å². The predicted octanol–water partition coefficient (Wildman–Crippen LogP) is 3.64. The summed E-state index contributed by atoms with van der Waals surface area (Å²) in [6.07, 6.45) is 3.37. The van der Waals surface area contributed by atoms with E-state index in [2.05, 4.69) is 15.9 Å². The van der Waals surface area contributed by atoms with E-state index in [0.29, 0.717) is 30.4 Å². The van der Waals surface area contributed by atoms with Crippen molar-refractivity contribution in [3.63, 3.8) is 0 Å². The monoisotopic (exact) mass is 450 g/mol. The Morgan fingerprint density at radius 2 is 1.97 bits per heavy atom. The number of hydrogen-bond acceptors (Lipinski definition) is 6. The number of esters is 1. The number of likely N-dealkylation sites (tertiary alicyclic amines) is 1. The molecule has 0 radical (unpaired) electrons. The van der Waals surface area contributed by atoms with E-state index < -0.39 is 0 Å². The molecule has 1 aliphatic heterocycles. The molecule has 0 aromatic heterocycles. The zero-order valence-electron chi connectivity index (χ0n) is 19.5.